The molecule has 3 rings (SSSR count). The second kappa shape index (κ2) is 10.6. The molecule has 0 spiro atoms. The topological polar surface area (TPSA) is 119 Å². The summed E-state index contributed by atoms with van der Waals surface area (Å²) in [4.78, 5) is 35.5. The Labute approximate surface area is 195 Å². The van der Waals surface area contributed by atoms with Gasteiger partial charge in [0.05, 0.1) is 16.8 Å². The van der Waals surface area contributed by atoms with Crippen molar-refractivity contribution in [2.75, 3.05) is 0 Å². The summed E-state index contributed by atoms with van der Waals surface area (Å²) in [5, 5.41) is 18.1. The van der Waals surface area contributed by atoms with E-state index in [2.05, 4.69) is 15.8 Å². The Morgan fingerprint density at radius 1 is 1.09 bits per heavy atom. The molecular formula is C23H22ClN5O4. The zero-order valence-electron chi connectivity index (χ0n) is 17.9. The van der Waals surface area contributed by atoms with E-state index in [1.807, 2.05) is 13.8 Å². The van der Waals surface area contributed by atoms with E-state index in [1.54, 1.807) is 59.3 Å². The number of carbonyl (C=O) groups is 2. The van der Waals surface area contributed by atoms with Gasteiger partial charge < -0.3 is 9.88 Å². The van der Waals surface area contributed by atoms with Gasteiger partial charge in [0.25, 0.3) is 17.5 Å². The molecule has 0 saturated heterocycles. The van der Waals surface area contributed by atoms with Crippen molar-refractivity contribution in [2.45, 2.75) is 19.9 Å². The van der Waals surface area contributed by atoms with Crippen LogP contribution in [0.3, 0.4) is 0 Å². The molecule has 0 aliphatic rings. The first-order valence-electron chi connectivity index (χ1n) is 10.1. The first-order chi connectivity index (χ1) is 15.8. The fourth-order valence-corrected chi connectivity index (χ4v) is 3.19. The molecule has 1 aromatic heterocycles. The minimum absolute atomic E-state index is 0.00578. The van der Waals surface area contributed by atoms with Gasteiger partial charge in [-0.2, -0.15) is 5.10 Å². The fraction of sp³-hybridized carbons (Fsp3) is 0.174. The second-order valence-corrected chi connectivity index (χ2v) is 7.95. The van der Waals surface area contributed by atoms with Crippen LogP contribution in [0.25, 0.3) is 5.69 Å². The lowest BCUT2D eigenvalue weighted by Gasteiger charge is -2.20. The molecule has 0 fully saturated rings. The number of hydrogen-bond donors (Lipinski definition) is 2. The van der Waals surface area contributed by atoms with E-state index >= 15 is 0 Å². The van der Waals surface area contributed by atoms with Crippen LogP contribution < -0.4 is 10.7 Å². The SMILES string of the molecule is CC(C)C(NC(=O)c1ccc(Cl)cc1)C(=O)NN=Cc1cccn1-c1ccc([N+](=O)[O-])cc1. The molecular weight excluding hydrogens is 446 g/mol. The number of hydrazone groups is 1. The third-order valence-electron chi connectivity index (χ3n) is 4.83. The molecule has 3 aromatic rings. The third-order valence-corrected chi connectivity index (χ3v) is 5.08. The van der Waals surface area contributed by atoms with E-state index in [0.29, 0.717) is 22.0 Å². The lowest BCUT2D eigenvalue weighted by molar-refractivity contribution is -0.384. The van der Waals surface area contributed by atoms with Crippen molar-refractivity contribution in [2.24, 2.45) is 11.0 Å². The largest absolute Gasteiger partial charge is 0.340 e. The van der Waals surface area contributed by atoms with Gasteiger partial charge in [-0.25, -0.2) is 5.43 Å². The van der Waals surface area contributed by atoms with Crippen molar-refractivity contribution in [1.82, 2.24) is 15.3 Å². The Kier molecular flexibility index (Phi) is 7.57. The standard InChI is InChI=1S/C23H22ClN5O4/c1-15(2)21(26-22(30)16-5-7-17(24)8-6-16)23(31)27-25-14-20-4-3-13-28(20)18-9-11-19(12-10-18)29(32)33/h3-15,21H,1-2H3,(H,26,30)(H,27,31). The number of nitro benzene ring substituents is 1. The Morgan fingerprint density at radius 2 is 1.76 bits per heavy atom. The highest BCUT2D eigenvalue weighted by atomic mass is 35.5. The van der Waals surface area contributed by atoms with E-state index in [-0.39, 0.29) is 11.6 Å². The second-order valence-electron chi connectivity index (χ2n) is 7.51. The Morgan fingerprint density at radius 3 is 2.36 bits per heavy atom. The summed E-state index contributed by atoms with van der Waals surface area (Å²) >= 11 is 5.85. The molecule has 1 unspecified atom stereocenters. The number of rotatable bonds is 8. The first kappa shape index (κ1) is 23.7. The van der Waals surface area contributed by atoms with Gasteiger partial charge in [0.15, 0.2) is 0 Å². The van der Waals surface area contributed by atoms with Gasteiger partial charge in [0.1, 0.15) is 6.04 Å². The maximum Gasteiger partial charge on any atom is 0.269 e. The van der Waals surface area contributed by atoms with Crippen molar-refractivity contribution in [3.05, 3.63) is 93.3 Å². The average Bonchev–Trinajstić information content (AvgIpc) is 3.26. The molecule has 0 aliphatic carbocycles. The summed E-state index contributed by atoms with van der Waals surface area (Å²) in [6, 6.07) is 15.2. The number of amides is 2. The quantitative estimate of drug-likeness (QED) is 0.296. The maximum atomic E-state index is 12.7. The van der Waals surface area contributed by atoms with Crippen LogP contribution >= 0.6 is 11.6 Å². The minimum Gasteiger partial charge on any atom is -0.340 e. The van der Waals surface area contributed by atoms with Crippen LogP contribution in [0.5, 0.6) is 0 Å². The molecule has 9 nitrogen and oxygen atoms in total. The predicted octanol–water partition coefficient (Wildman–Crippen LogP) is 3.94. The fourth-order valence-electron chi connectivity index (χ4n) is 3.06. The van der Waals surface area contributed by atoms with E-state index in [9.17, 15) is 19.7 Å². The van der Waals surface area contributed by atoms with E-state index in [1.165, 1.54) is 18.3 Å². The molecule has 1 atom stereocenters. The van der Waals surface area contributed by atoms with Crippen molar-refractivity contribution in [3.8, 4) is 5.69 Å². The van der Waals surface area contributed by atoms with Gasteiger partial charge in [0.2, 0.25) is 0 Å². The van der Waals surface area contributed by atoms with Crippen LogP contribution in [0.1, 0.15) is 29.9 Å². The Hall–Kier alpha value is -3.98. The molecule has 0 saturated carbocycles. The van der Waals surface area contributed by atoms with Crippen LogP contribution in [-0.4, -0.2) is 33.6 Å². The summed E-state index contributed by atoms with van der Waals surface area (Å²) in [5.74, 6) is -1.03. The number of benzene rings is 2. The summed E-state index contributed by atoms with van der Waals surface area (Å²) < 4.78 is 1.77. The van der Waals surface area contributed by atoms with Crippen LogP contribution in [-0.2, 0) is 4.79 Å². The van der Waals surface area contributed by atoms with E-state index in [4.69, 9.17) is 11.6 Å². The minimum atomic E-state index is -0.799. The molecule has 170 valence electrons. The number of aromatic nitrogens is 1. The number of nitrogens with zero attached hydrogens (tertiary/aromatic N) is 3. The number of non-ortho nitro benzene ring substituents is 1. The molecule has 0 radical (unpaired) electrons. The Balaban J connectivity index is 1.67. The van der Waals surface area contributed by atoms with Gasteiger partial charge >= 0.3 is 0 Å². The monoisotopic (exact) mass is 467 g/mol. The van der Waals surface area contributed by atoms with Gasteiger partial charge in [-0.1, -0.05) is 25.4 Å². The molecule has 10 heteroatoms. The van der Waals surface area contributed by atoms with Crippen LogP contribution in [0.15, 0.2) is 72.0 Å². The molecule has 33 heavy (non-hydrogen) atoms. The summed E-state index contributed by atoms with van der Waals surface area (Å²) in [7, 11) is 0. The lowest BCUT2D eigenvalue weighted by atomic mass is 10.0. The highest BCUT2D eigenvalue weighted by Crippen LogP contribution is 2.17. The molecule has 2 aromatic carbocycles. The van der Waals surface area contributed by atoms with E-state index < -0.39 is 22.8 Å². The number of nitrogens with one attached hydrogen (secondary N) is 2. The van der Waals surface area contributed by atoms with Crippen molar-refractivity contribution < 1.29 is 14.5 Å². The normalized spacial score (nSPS) is 12.0. The van der Waals surface area contributed by atoms with Gasteiger partial charge in [-0.05, 0) is 54.4 Å². The smallest absolute Gasteiger partial charge is 0.269 e. The summed E-state index contributed by atoms with van der Waals surface area (Å²) in [6.45, 7) is 3.63. The summed E-state index contributed by atoms with van der Waals surface area (Å²) in [5.41, 5.74) is 4.20. The number of carbonyl (C=O) groups excluding carboxylic acids is 2. The Bertz CT molecular complexity index is 1170. The van der Waals surface area contributed by atoms with Gasteiger partial charge in [-0.3, -0.25) is 19.7 Å². The lowest BCUT2D eigenvalue weighted by Crippen LogP contribution is -2.48. The third kappa shape index (κ3) is 6.05. The van der Waals surface area contributed by atoms with Crippen molar-refractivity contribution in [1.29, 1.82) is 0 Å². The zero-order chi connectivity index (χ0) is 24.0. The number of halogens is 1. The molecule has 0 bridgehead atoms. The predicted molar refractivity (Wildman–Crippen MR) is 126 cm³/mol. The molecule has 0 aliphatic heterocycles. The van der Waals surface area contributed by atoms with Crippen LogP contribution in [0.2, 0.25) is 5.02 Å². The molecule has 2 N–H and O–H groups in total. The number of hydrogen-bond acceptors (Lipinski definition) is 5. The van der Waals surface area contributed by atoms with Crippen LogP contribution in [0, 0.1) is 16.0 Å². The number of nitro groups is 1. The summed E-state index contributed by atoms with van der Waals surface area (Å²) in [6.07, 6.45) is 3.23. The average molecular weight is 468 g/mol. The van der Waals surface area contributed by atoms with Gasteiger partial charge in [0, 0.05) is 34.6 Å². The zero-order valence-corrected chi connectivity index (χ0v) is 18.7. The van der Waals surface area contributed by atoms with Crippen molar-refractivity contribution in [3.63, 3.8) is 0 Å². The molecule has 2 amide bonds. The van der Waals surface area contributed by atoms with E-state index in [0.717, 1.165) is 0 Å². The van der Waals surface area contributed by atoms with Crippen LogP contribution in [0.4, 0.5) is 5.69 Å². The first-order valence-corrected chi connectivity index (χ1v) is 10.5. The van der Waals surface area contributed by atoms with Crippen molar-refractivity contribution >= 4 is 35.3 Å². The molecule has 1 heterocycles. The highest BCUT2D eigenvalue weighted by molar-refractivity contribution is 6.30. The van der Waals surface area contributed by atoms with Gasteiger partial charge in [-0.15, -0.1) is 0 Å². The maximum absolute atomic E-state index is 12.7. The highest BCUT2D eigenvalue weighted by Gasteiger charge is 2.24.